The number of nitro groups is 1. The van der Waals surface area contributed by atoms with Gasteiger partial charge in [-0.05, 0) is 35.2 Å². The van der Waals surface area contributed by atoms with E-state index in [4.69, 9.17) is 0 Å². The lowest BCUT2D eigenvalue weighted by Crippen LogP contribution is -2.12. The number of rotatable bonds is 5. The van der Waals surface area contributed by atoms with Gasteiger partial charge in [-0.1, -0.05) is 18.2 Å². The van der Waals surface area contributed by atoms with Crippen molar-refractivity contribution in [2.75, 3.05) is 5.32 Å². The average molecular weight is 346 g/mol. The zero-order valence-corrected chi connectivity index (χ0v) is 13.1. The molecule has 0 bridgehead atoms. The maximum Gasteiger partial charge on any atom is 0.272 e. The first-order chi connectivity index (χ1) is 11.5. The highest BCUT2D eigenvalue weighted by Gasteiger charge is 2.18. The van der Waals surface area contributed by atoms with Crippen molar-refractivity contribution in [1.82, 2.24) is 0 Å². The molecule has 3 aromatic rings. The first kappa shape index (κ1) is 16.1. The van der Waals surface area contributed by atoms with Crippen LogP contribution in [-0.4, -0.2) is 4.92 Å². The van der Waals surface area contributed by atoms with Crippen molar-refractivity contribution in [3.05, 3.63) is 92.2 Å². The van der Waals surface area contributed by atoms with Crippen LogP contribution in [0.5, 0.6) is 0 Å². The summed E-state index contributed by atoms with van der Waals surface area (Å²) >= 11 is 1.48. The summed E-state index contributed by atoms with van der Waals surface area (Å²) in [6, 6.07) is 12.7. The minimum atomic E-state index is -0.715. The smallest absolute Gasteiger partial charge is 0.272 e. The minimum Gasteiger partial charge on any atom is -0.371 e. The van der Waals surface area contributed by atoms with Gasteiger partial charge < -0.3 is 5.32 Å². The van der Waals surface area contributed by atoms with Gasteiger partial charge in [0.1, 0.15) is 5.82 Å². The van der Waals surface area contributed by atoms with Crippen LogP contribution < -0.4 is 5.32 Å². The molecule has 1 unspecified atom stereocenters. The Labute approximate surface area is 140 Å². The maximum absolute atomic E-state index is 14.2. The summed E-state index contributed by atoms with van der Waals surface area (Å²) in [5, 5.41) is 15.6. The SMILES string of the molecule is O=[N+]([O-])c1ccc(NC(c2ccc(F)cc2)c2cccs2)c(F)c1. The van der Waals surface area contributed by atoms with Crippen LogP contribution in [0, 0.1) is 21.7 Å². The number of nitro benzene ring substituents is 1. The monoisotopic (exact) mass is 346 g/mol. The molecule has 0 radical (unpaired) electrons. The van der Waals surface area contributed by atoms with Gasteiger partial charge in [0.05, 0.1) is 22.7 Å². The number of anilines is 1. The number of thiophene rings is 1. The predicted octanol–water partition coefficient (Wildman–Crippen LogP) is 5.14. The Balaban J connectivity index is 1.96. The highest BCUT2D eigenvalue weighted by atomic mass is 32.1. The average Bonchev–Trinajstić information content (AvgIpc) is 3.09. The van der Waals surface area contributed by atoms with E-state index >= 15 is 0 Å². The highest BCUT2D eigenvalue weighted by Crippen LogP contribution is 2.31. The van der Waals surface area contributed by atoms with Crippen LogP contribution in [0.1, 0.15) is 16.5 Å². The van der Waals surface area contributed by atoms with Crippen molar-refractivity contribution < 1.29 is 13.7 Å². The summed E-state index contributed by atoms with van der Waals surface area (Å²) in [6.07, 6.45) is 0. The lowest BCUT2D eigenvalue weighted by Gasteiger charge is -2.19. The third kappa shape index (κ3) is 3.41. The number of benzene rings is 2. The molecule has 0 fully saturated rings. The Kier molecular flexibility index (Phi) is 4.52. The summed E-state index contributed by atoms with van der Waals surface area (Å²) in [7, 11) is 0. The molecule has 0 amide bonds. The molecule has 1 aromatic heterocycles. The summed E-state index contributed by atoms with van der Waals surface area (Å²) < 4.78 is 27.3. The zero-order valence-electron chi connectivity index (χ0n) is 12.3. The number of nitrogens with zero attached hydrogens (tertiary/aromatic N) is 1. The molecule has 1 N–H and O–H groups in total. The molecule has 0 saturated carbocycles. The molecule has 0 spiro atoms. The summed E-state index contributed by atoms with van der Waals surface area (Å²) in [5.41, 5.74) is 0.590. The number of non-ortho nitro benzene ring substituents is 1. The number of halogens is 2. The minimum absolute atomic E-state index is 0.142. The third-order valence-electron chi connectivity index (χ3n) is 3.49. The van der Waals surface area contributed by atoms with E-state index in [-0.39, 0.29) is 23.2 Å². The molecule has 1 atom stereocenters. The topological polar surface area (TPSA) is 55.2 Å². The van der Waals surface area contributed by atoms with E-state index in [0.29, 0.717) is 0 Å². The van der Waals surface area contributed by atoms with Crippen LogP contribution >= 0.6 is 11.3 Å². The molecule has 7 heteroatoms. The molecular weight excluding hydrogens is 334 g/mol. The molecule has 122 valence electrons. The first-order valence-electron chi connectivity index (χ1n) is 7.04. The van der Waals surface area contributed by atoms with Crippen LogP contribution in [0.2, 0.25) is 0 Å². The van der Waals surface area contributed by atoms with Crippen LogP contribution in [0.25, 0.3) is 0 Å². The van der Waals surface area contributed by atoms with E-state index < -0.39 is 10.7 Å². The van der Waals surface area contributed by atoms with E-state index in [2.05, 4.69) is 5.32 Å². The van der Waals surface area contributed by atoms with Gasteiger partial charge in [-0.15, -0.1) is 11.3 Å². The lowest BCUT2D eigenvalue weighted by molar-refractivity contribution is -0.385. The predicted molar refractivity (Wildman–Crippen MR) is 89.2 cm³/mol. The Morgan fingerprint density at radius 2 is 1.83 bits per heavy atom. The Morgan fingerprint density at radius 3 is 2.42 bits per heavy atom. The lowest BCUT2D eigenvalue weighted by atomic mass is 10.0. The van der Waals surface area contributed by atoms with Crippen molar-refractivity contribution in [3.63, 3.8) is 0 Å². The summed E-state index contributed by atoms with van der Waals surface area (Å²) in [5.74, 6) is -1.07. The van der Waals surface area contributed by atoms with Crippen molar-refractivity contribution >= 4 is 22.7 Å². The number of nitrogens with one attached hydrogen (secondary N) is 1. The van der Waals surface area contributed by atoms with E-state index in [1.807, 2.05) is 17.5 Å². The molecule has 1 heterocycles. The molecular formula is C17H12F2N2O2S. The molecule has 0 saturated heterocycles. The van der Waals surface area contributed by atoms with E-state index in [1.165, 1.54) is 35.6 Å². The number of hydrogen-bond donors (Lipinski definition) is 1. The molecule has 24 heavy (non-hydrogen) atoms. The summed E-state index contributed by atoms with van der Waals surface area (Å²) in [4.78, 5) is 11.0. The summed E-state index contributed by atoms with van der Waals surface area (Å²) in [6.45, 7) is 0. The molecule has 0 aliphatic carbocycles. The van der Waals surface area contributed by atoms with Gasteiger partial charge in [0.2, 0.25) is 0 Å². The second-order valence-electron chi connectivity index (χ2n) is 5.07. The molecule has 0 aliphatic rings. The maximum atomic E-state index is 14.2. The second-order valence-corrected chi connectivity index (χ2v) is 6.04. The molecule has 2 aromatic carbocycles. The van der Waals surface area contributed by atoms with Crippen LogP contribution in [0.3, 0.4) is 0 Å². The van der Waals surface area contributed by atoms with Crippen LogP contribution in [0.4, 0.5) is 20.2 Å². The van der Waals surface area contributed by atoms with Crippen molar-refractivity contribution in [2.24, 2.45) is 0 Å². The normalized spacial score (nSPS) is 11.9. The van der Waals surface area contributed by atoms with E-state index in [1.54, 1.807) is 12.1 Å². The van der Waals surface area contributed by atoms with Crippen LogP contribution in [0.15, 0.2) is 60.0 Å². The second kappa shape index (κ2) is 6.76. The number of hydrogen-bond acceptors (Lipinski definition) is 4. The fraction of sp³-hybridized carbons (Fsp3) is 0.0588. The Hall–Kier alpha value is -2.80. The third-order valence-corrected chi connectivity index (χ3v) is 4.43. The van der Waals surface area contributed by atoms with Gasteiger partial charge in [-0.2, -0.15) is 0 Å². The van der Waals surface area contributed by atoms with Crippen LogP contribution in [-0.2, 0) is 0 Å². The van der Waals surface area contributed by atoms with Gasteiger partial charge >= 0.3 is 0 Å². The quantitative estimate of drug-likeness (QED) is 0.514. The zero-order chi connectivity index (χ0) is 17.1. The van der Waals surface area contributed by atoms with Crippen molar-refractivity contribution in [1.29, 1.82) is 0 Å². The fourth-order valence-electron chi connectivity index (χ4n) is 2.32. The van der Waals surface area contributed by atoms with Gasteiger partial charge in [0, 0.05) is 10.9 Å². The molecule has 0 aliphatic heterocycles. The fourth-order valence-corrected chi connectivity index (χ4v) is 3.12. The van der Waals surface area contributed by atoms with Gasteiger partial charge in [0.25, 0.3) is 5.69 Å². The van der Waals surface area contributed by atoms with Crippen molar-refractivity contribution in [3.8, 4) is 0 Å². The van der Waals surface area contributed by atoms with Gasteiger partial charge in [-0.3, -0.25) is 10.1 Å². The van der Waals surface area contributed by atoms with E-state index in [0.717, 1.165) is 16.5 Å². The molecule has 4 nitrogen and oxygen atoms in total. The van der Waals surface area contributed by atoms with Crippen molar-refractivity contribution in [2.45, 2.75) is 6.04 Å². The first-order valence-corrected chi connectivity index (χ1v) is 7.92. The standard InChI is InChI=1S/C17H12F2N2O2S/c18-12-5-3-11(4-6-12)17(16-2-1-9-24-16)20-15-8-7-13(21(22)23)10-14(15)19/h1-10,17,20H. The highest BCUT2D eigenvalue weighted by molar-refractivity contribution is 7.10. The largest absolute Gasteiger partial charge is 0.371 e. The molecule has 3 rings (SSSR count). The Morgan fingerprint density at radius 1 is 1.08 bits per heavy atom. The van der Waals surface area contributed by atoms with E-state index in [9.17, 15) is 18.9 Å². The van der Waals surface area contributed by atoms with Gasteiger partial charge in [-0.25, -0.2) is 8.78 Å². The van der Waals surface area contributed by atoms with Gasteiger partial charge in [0.15, 0.2) is 5.82 Å². The Bertz CT molecular complexity index is 852.